The number of nitrogens with zero attached hydrogens (tertiary/aromatic N) is 3. The Balaban J connectivity index is 1.44. The number of carbonyl (C=O) groups is 2. The predicted molar refractivity (Wildman–Crippen MR) is 135 cm³/mol. The number of hydrogen-bond acceptors (Lipinski definition) is 6. The van der Waals surface area contributed by atoms with E-state index in [1.54, 1.807) is 18.2 Å². The summed E-state index contributed by atoms with van der Waals surface area (Å²) in [7, 11) is 0. The molecule has 0 radical (unpaired) electrons. The lowest BCUT2D eigenvalue weighted by Gasteiger charge is -2.63. The zero-order valence-corrected chi connectivity index (χ0v) is 21.6. The summed E-state index contributed by atoms with van der Waals surface area (Å²) in [6, 6.07) is 7.94. The number of pyridine rings is 1. The highest BCUT2D eigenvalue weighted by molar-refractivity contribution is 6.31. The van der Waals surface area contributed by atoms with Crippen molar-refractivity contribution in [3.63, 3.8) is 0 Å². The summed E-state index contributed by atoms with van der Waals surface area (Å²) in [5, 5.41) is 12.5. The van der Waals surface area contributed by atoms with Crippen LogP contribution in [0.15, 0.2) is 30.5 Å². The first-order chi connectivity index (χ1) is 17.0. The summed E-state index contributed by atoms with van der Waals surface area (Å²) in [4.78, 5) is 30.1. The Labute approximate surface area is 215 Å². The van der Waals surface area contributed by atoms with Gasteiger partial charge >= 0.3 is 0 Å². The molecule has 190 valence electrons. The summed E-state index contributed by atoms with van der Waals surface area (Å²) in [6.07, 6.45) is 3.43. The number of carbonyl (C=O) groups excluding carboxylic acids is 2. The van der Waals surface area contributed by atoms with E-state index in [1.807, 2.05) is 38.7 Å². The van der Waals surface area contributed by atoms with Crippen molar-refractivity contribution < 1.29 is 18.7 Å². The smallest absolute Gasteiger partial charge is 0.253 e. The van der Waals surface area contributed by atoms with Gasteiger partial charge in [0.15, 0.2) is 11.6 Å². The third-order valence-electron chi connectivity index (χ3n) is 7.55. The zero-order chi connectivity index (χ0) is 26.3. The molecule has 1 aliphatic heterocycles. The summed E-state index contributed by atoms with van der Waals surface area (Å²) in [5.41, 5.74) is -0.351. The molecule has 36 heavy (non-hydrogen) atoms. The normalized spacial score (nSPS) is 22.8. The van der Waals surface area contributed by atoms with E-state index < -0.39 is 22.6 Å². The number of aldehydes is 1. The number of nitriles is 1. The van der Waals surface area contributed by atoms with Gasteiger partial charge in [-0.25, -0.2) is 9.37 Å². The Morgan fingerprint density at radius 3 is 2.47 bits per heavy atom. The molecule has 1 saturated heterocycles. The molecule has 2 aliphatic rings. The van der Waals surface area contributed by atoms with Crippen molar-refractivity contribution in [1.29, 1.82) is 5.26 Å². The van der Waals surface area contributed by atoms with Crippen molar-refractivity contribution in [2.24, 2.45) is 16.7 Å². The number of aromatic nitrogens is 1. The van der Waals surface area contributed by atoms with E-state index in [9.17, 15) is 14.0 Å². The summed E-state index contributed by atoms with van der Waals surface area (Å²) in [6.45, 7) is 9.12. The molecule has 1 aliphatic carbocycles. The Kier molecular flexibility index (Phi) is 6.98. The second kappa shape index (κ2) is 9.70. The van der Waals surface area contributed by atoms with Crippen LogP contribution >= 0.6 is 11.6 Å². The maximum atomic E-state index is 14.9. The van der Waals surface area contributed by atoms with E-state index in [0.29, 0.717) is 42.3 Å². The van der Waals surface area contributed by atoms with Gasteiger partial charge in [-0.15, -0.1) is 0 Å². The fourth-order valence-corrected chi connectivity index (χ4v) is 6.06. The molecule has 0 atom stereocenters. The van der Waals surface area contributed by atoms with Crippen LogP contribution in [0, 0.1) is 33.9 Å². The molecule has 1 aromatic heterocycles. The number of amides is 1. The Bertz CT molecular complexity index is 1200. The summed E-state index contributed by atoms with van der Waals surface area (Å²) < 4.78 is 21.1. The van der Waals surface area contributed by atoms with Crippen molar-refractivity contribution >= 4 is 29.6 Å². The van der Waals surface area contributed by atoms with Gasteiger partial charge in [0.05, 0.1) is 16.1 Å². The molecule has 4 rings (SSSR count). The van der Waals surface area contributed by atoms with Gasteiger partial charge < -0.3 is 19.7 Å². The molecule has 7 nitrogen and oxygen atoms in total. The van der Waals surface area contributed by atoms with Gasteiger partial charge in [-0.05, 0) is 31.0 Å². The highest BCUT2D eigenvalue weighted by Crippen LogP contribution is 2.55. The maximum Gasteiger partial charge on any atom is 0.253 e. The third kappa shape index (κ3) is 4.64. The van der Waals surface area contributed by atoms with Gasteiger partial charge in [0.25, 0.3) is 5.91 Å². The number of nitrogens with one attached hydrogen (secondary N) is 1. The van der Waals surface area contributed by atoms with E-state index in [-0.39, 0.29) is 29.4 Å². The Hall–Kier alpha value is -3.18. The molecule has 1 saturated carbocycles. The topological polar surface area (TPSA) is 95.3 Å². The largest absolute Gasteiger partial charge is 0.489 e. The number of piperidine rings is 1. The van der Waals surface area contributed by atoms with Crippen LogP contribution in [-0.4, -0.2) is 42.4 Å². The quantitative estimate of drug-likeness (QED) is 0.560. The molecule has 2 heterocycles. The lowest BCUT2D eigenvalue weighted by atomic mass is 9.49. The van der Waals surface area contributed by atoms with E-state index in [4.69, 9.17) is 21.6 Å². The fraction of sp³-hybridized carbons (Fsp3) is 0.481. The van der Waals surface area contributed by atoms with Crippen molar-refractivity contribution in [3.05, 3.63) is 52.4 Å². The minimum absolute atomic E-state index is 0.00486. The SMILES string of the molecule is CC1(C)[C@H](NC(=O)c2cnc(N3CCC(C=O)CC3)c(F)c2)C(C)(C)[C@H]1Oc1ccc(C#N)c(Cl)c1. The van der Waals surface area contributed by atoms with Gasteiger partial charge in [-0.2, -0.15) is 5.26 Å². The van der Waals surface area contributed by atoms with Crippen molar-refractivity contribution in [2.75, 3.05) is 18.0 Å². The van der Waals surface area contributed by atoms with E-state index in [2.05, 4.69) is 10.3 Å². The number of ether oxygens (including phenoxy) is 1. The van der Waals surface area contributed by atoms with Crippen LogP contribution in [0.3, 0.4) is 0 Å². The van der Waals surface area contributed by atoms with E-state index in [1.165, 1.54) is 12.3 Å². The van der Waals surface area contributed by atoms with Gasteiger partial charge in [0.1, 0.15) is 24.2 Å². The molecule has 0 bridgehead atoms. The molecule has 1 amide bonds. The van der Waals surface area contributed by atoms with Crippen molar-refractivity contribution in [3.8, 4) is 11.8 Å². The second-order valence-corrected chi connectivity index (χ2v) is 11.2. The molecule has 0 spiro atoms. The summed E-state index contributed by atoms with van der Waals surface area (Å²) in [5.74, 6) is -0.203. The first kappa shape index (κ1) is 25.9. The van der Waals surface area contributed by atoms with Crippen LogP contribution in [-0.2, 0) is 4.79 Å². The highest BCUT2D eigenvalue weighted by Gasteiger charge is 2.64. The van der Waals surface area contributed by atoms with Crippen molar-refractivity contribution in [2.45, 2.75) is 52.7 Å². The van der Waals surface area contributed by atoms with Gasteiger partial charge in [0.2, 0.25) is 0 Å². The number of anilines is 1. The van der Waals surface area contributed by atoms with Crippen LogP contribution < -0.4 is 15.0 Å². The van der Waals surface area contributed by atoms with Gasteiger partial charge in [-0.1, -0.05) is 39.3 Å². The minimum atomic E-state index is -0.557. The van der Waals surface area contributed by atoms with Crippen molar-refractivity contribution in [1.82, 2.24) is 10.3 Å². The zero-order valence-electron chi connectivity index (χ0n) is 20.8. The van der Waals surface area contributed by atoms with Crippen LogP contribution in [0.1, 0.15) is 56.5 Å². The number of halogens is 2. The van der Waals surface area contributed by atoms with Crippen LogP contribution in [0.5, 0.6) is 5.75 Å². The molecular weight excluding hydrogens is 483 g/mol. The molecular formula is C27H30ClFN4O3. The number of benzene rings is 1. The molecule has 0 unspecified atom stereocenters. The van der Waals surface area contributed by atoms with Crippen LogP contribution in [0.2, 0.25) is 5.02 Å². The number of rotatable bonds is 6. The van der Waals surface area contributed by atoms with Crippen LogP contribution in [0.25, 0.3) is 0 Å². The second-order valence-electron chi connectivity index (χ2n) is 10.8. The molecule has 1 N–H and O–H groups in total. The third-order valence-corrected chi connectivity index (χ3v) is 7.86. The average molecular weight is 513 g/mol. The monoisotopic (exact) mass is 512 g/mol. The predicted octanol–water partition coefficient (Wildman–Crippen LogP) is 4.77. The highest BCUT2D eigenvalue weighted by atomic mass is 35.5. The molecule has 2 aromatic rings. The molecule has 1 aromatic carbocycles. The summed E-state index contributed by atoms with van der Waals surface area (Å²) >= 11 is 6.16. The Morgan fingerprint density at radius 2 is 1.92 bits per heavy atom. The van der Waals surface area contributed by atoms with Gasteiger partial charge in [0, 0.05) is 48.1 Å². The maximum absolute atomic E-state index is 14.9. The average Bonchev–Trinajstić information content (AvgIpc) is 2.85. The molecule has 9 heteroatoms. The lowest BCUT2D eigenvalue weighted by molar-refractivity contribution is -0.164. The van der Waals surface area contributed by atoms with E-state index >= 15 is 0 Å². The lowest BCUT2D eigenvalue weighted by Crippen LogP contribution is -2.74. The van der Waals surface area contributed by atoms with Gasteiger partial charge in [-0.3, -0.25) is 4.79 Å². The van der Waals surface area contributed by atoms with E-state index in [0.717, 1.165) is 6.29 Å². The minimum Gasteiger partial charge on any atom is -0.489 e. The Morgan fingerprint density at radius 1 is 1.25 bits per heavy atom. The molecule has 2 fully saturated rings. The first-order valence-corrected chi connectivity index (χ1v) is 12.4. The first-order valence-electron chi connectivity index (χ1n) is 12.0. The standard InChI is InChI=1S/C27H30ClFN4O3/c1-26(2)24(27(3,4)25(26)36-19-6-5-17(13-30)20(28)12-19)32-23(35)18-11-21(29)22(31-14-18)33-9-7-16(15-34)8-10-33/h5-6,11-12,14-16,24-25H,7-10H2,1-4H3,(H,32,35)/t24-,25-. The number of hydrogen-bond donors (Lipinski definition) is 1. The fourth-order valence-electron chi connectivity index (χ4n) is 5.85. The van der Waals surface area contributed by atoms with Crippen LogP contribution in [0.4, 0.5) is 10.2 Å².